The third-order valence-electron chi connectivity index (χ3n) is 5.34. The number of hydrogen-bond acceptors (Lipinski definition) is 8. The first-order valence-corrected chi connectivity index (χ1v) is 11.5. The molecular formula is C21H23N3O7S. The van der Waals surface area contributed by atoms with Gasteiger partial charge in [0.05, 0.1) is 38.5 Å². The van der Waals surface area contributed by atoms with Gasteiger partial charge in [0, 0.05) is 18.7 Å². The molecule has 2 aromatic heterocycles. The van der Waals surface area contributed by atoms with Gasteiger partial charge < -0.3 is 23.5 Å². The van der Waals surface area contributed by atoms with Crippen LogP contribution in [-0.4, -0.2) is 69.1 Å². The molecule has 1 N–H and O–H groups in total. The predicted octanol–water partition coefficient (Wildman–Crippen LogP) is 2.13. The number of sulfone groups is 1. The van der Waals surface area contributed by atoms with Crippen LogP contribution in [0, 0.1) is 0 Å². The molecule has 0 spiro atoms. The van der Waals surface area contributed by atoms with E-state index in [1.165, 1.54) is 32.5 Å². The molecule has 0 radical (unpaired) electrons. The smallest absolute Gasteiger partial charge is 0.271 e. The Morgan fingerprint density at radius 1 is 1.16 bits per heavy atom. The van der Waals surface area contributed by atoms with E-state index in [9.17, 15) is 13.2 Å². The Labute approximate surface area is 185 Å². The Balaban J connectivity index is 1.46. The van der Waals surface area contributed by atoms with Gasteiger partial charge in [-0.2, -0.15) is 5.10 Å². The van der Waals surface area contributed by atoms with Gasteiger partial charge in [0.1, 0.15) is 17.2 Å². The molecule has 10 nitrogen and oxygen atoms in total. The summed E-state index contributed by atoms with van der Waals surface area (Å²) >= 11 is 0. The molecule has 0 saturated carbocycles. The van der Waals surface area contributed by atoms with Gasteiger partial charge in [0.2, 0.25) is 5.75 Å². The summed E-state index contributed by atoms with van der Waals surface area (Å²) in [5.74, 6) is 1.27. The minimum Gasteiger partial charge on any atom is -0.493 e. The number of nitrogens with one attached hydrogen (secondary N) is 1. The normalized spacial score (nSPS) is 14.2. The quantitative estimate of drug-likeness (QED) is 0.541. The summed E-state index contributed by atoms with van der Waals surface area (Å²) in [6, 6.07) is 8.33. The second-order valence-electron chi connectivity index (χ2n) is 7.30. The molecule has 3 heterocycles. The number of benzene rings is 1. The zero-order chi connectivity index (χ0) is 22.9. The van der Waals surface area contributed by atoms with E-state index in [4.69, 9.17) is 18.6 Å². The third kappa shape index (κ3) is 4.03. The summed E-state index contributed by atoms with van der Waals surface area (Å²) < 4.78 is 46.2. The van der Waals surface area contributed by atoms with Crippen molar-refractivity contribution in [3.05, 3.63) is 48.0 Å². The van der Waals surface area contributed by atoms with Crippen molar-refractivity contribution in [2.75, 3.05) is 34.4 Å². The summed E-state index contributed by atoms with van der Waals surface area (Å²) in [4.78, 5) is 14.2. The zero-order valence-electron chi connectivity index (χ0n) is 17.8. The number of aromatic amines is 1. The topological polar surface area (TPSA) is 124 Å². The van der Waals surface area contributed by atoms with E-state index in [0.717, 1.165) is 0 Å². The van der Waals surface area contributed by atoms with Crippen molar-refractivity contribution < 1.29 is 31.8 Å². The van der Waals surface area contributed by atoms with Crippen LogP contribution in [0.3, 0.4) is 0 Å². The minimum absolute atomic E-state index is 0.125. The SMILES string of the molecule is COc1cc(-c2cc(C(=O)N3CC(S(=O)(=O)Cc4ccco4)C3)[nH]n2)cc(OC)c1OC. The lowest BCUT2D eigenvalue weighted by atomic mass is 10.1. The van der Waals surface area contributed by atoms with Gasteiger partial charge >= 0.3 is 0 Å². The number of ether oxygens (including phenoxy) is 3. The van der Waals surface area contributed by atoms with E-state index >= 15 is 0 Å². The van der Waals surface area contributed by atoms with Crippen LogP contribution in [0.4, 0.5) is 0 Å². The first-order valence-electron chi connectivity index (χ1n) is 9.75. The van der Waals surface area contributed by atoms with E-state index in [1.807, 2.05) is 0 Å². The number of nitrogens with zero attached hydrogens (tertiary/aromatic N) is 2. The molecule has 1 saturated heterocycles. The van der Waals surface area contributed by atoms with Crippen molar-refractivity contribution in [1.82, 2.24) is 15.1 Å². The van der Waals surface area contributed by atoms with Gasteiger partial charge in [0.25, 0.3) is 5.91 Å². The third-order valence-corrected chi connectivity index (χ3v) is 7.34. The number of rotatable bonds is 8. The van der Waals surface area contributed by atoms with Crippen molar-refractivity contribution >= 4 is 15.7 Å². The van der Waals surface area contributed by atoms with Gasteiger partial charge in [-0.25, -0.2) is 8.42 Å². The monoisotopic (exact) mass is 461 g/mol. The van der Waals surface area contributed by atoms with Crippen LogP contribution < -0.4 is 14.2 Å². The molecule has 1 aliphatic heterocycles. The lowest BCUT2D eigenvalue weighted by Crippen LogP contribution is -2.57. The molecule has 0 bridgehead atoms. The molecule has 32 heavy (non-hydrogen) atoms. The average Bonchev–Trinajstić information content (AvgIpc) is 3.43. The van der Waals surface area contributed by atoms with Crippen LogP contribution in [0.25, 0.3) is 11.3 Å². The fraction of sp³-hybridized carbons (Fsp3) is 0.333. The number of furan rings is 1. The molecule has 1 fully saturated rings. The van der Waals surface area contributed by atoms with Crippen LogP contribution in [0.5, 0.6) is 17.2 Å². The van der Waals surface area contributed by atoms with Gasteiger partial charge in [-0.1, -0.05) is 0 Å². The zero-order valence-corrected chi connectivity index (χ0v) is 18.6. The lowest BCUT2D eigenvalue weighted by molar-refractivity contribution is 0.0652. The lowest BCUT2D eigenvalue weighted by Gasteiger charge is -2.38. The molecule has 0 unspecified atom stereocenters. The molecule has 0 atom stereocenters. The summed E-state index contributed by atoms with van der Waals surface area (Å²) in [6.07, 6.45) is 1.44. The number of carbonyl (C=O) groups excluding carboxylic acids is 1. The second-order valence-corrected chi connectivity index (χ2v) is 9.58. The first-order chi connectivity index (χ1) is 15.4. The van der Waals surface area contributed by atoms with Gasteiger partial charge in [-0.05, 0) is 30.3 Å². The molecule has 1 amide bonds. The molecule has 0 aliphatic carbocycles. The first kappa shape index (κ1) is 21.8. The maximum absolute atomic E-state index is 12.8. The minimum atomic E-state index is -3.41. The van der Waals surface area contributed by atoms with Crippen LogP contribution in [0.2, 0.25) is 0 Å². The van der Waals surface area contributed by atoms with Crippen LogP contribution in [0.15, 0.2) is 41.0 Å². The molecule has 1 aliphatic rings. The van der Waals surface area contributed by atoms with E-state index in [2.05, 4.69) is 10.2 Å². The highest BCUT2D eigenvalue weighted by Gasteiger charge is 2.40. The highest BCUT2D eigenvalue weighted by Crippen LogP contribution is 2.41. The van der Waals surface area contributed by atoms with E-state index in [0.29, 0.717) is 34.3 Å². The van der Waals surface area contributed by atoms with Gasteiger partial charge in [0.15, 0.2) is 21.3 Å². The van der Waals surface area contributed by atoms with Crippen molar-refractivity contribution in [3.8, 4) is 28.5 Å². The van der Waals surface area contributed by atoms with Gasteiger partial charge in [-0.15, -0.1) is 0 Å². The number of amides is 1. The number of carbonyl (C=O) groups is 1. The second kappa shape index (κ2) is 8.58. The molecule has 3 aromatic rings. The van der Waals surface area contributed by atoms with Gasteiger partial charge in [-0.3, -0.25) is 9.89 Å². The van der Waals surface area contributed by atoms with Crippen molar-refractivity contribution in [2.24, 2.45) is 0 Å². The molecular weight excluding hydrogens is 438 g/mol. The Morgan fingerprint density at radius 2 is 1.84 bits per heavy atom. The van der Waals surface area contributed by atoms with E-state index in [-0.39, 0.29) is 30.4 Å². The predicted molar refractivity (Wildman–Crippen MR) is 115 cm³/mol. The van der Waals surface area contributed by atoms with Crippen LogP contribution in [0.1, 0.15) is 16.2 Å². The standard InChI is InChI=1S/C21H23N3O7S/c1-28-18-7-13(8-19(29-2)20(18)30-3)16-9-17(23-22-16)21(25)24-10-15(11-24)32(26,27)12-14-5-4-6-31-14/h4-9,15H,10-12H2,1-3H3,(H,22,23). The average molecular weight is 461 g/mol. The van der Waals surface area contributed by atoms with Crippen molar-refractivity contribution in [2.45, 2.75) is 11.0 Å². The number of hydrogen-bond donors (Lipinski definition) is 1. The summed E-state index contributed by atoms with van der Waals surface area (Å²) in [5, 5.41) is 6.33. The fourth-order valence-corrected chi connectivity index (χ4v) is 5.13. The maximum atomic E-state index is 12.8. The van der Waals surface area contributed by atoms with E-state index < -0.39 is 15.1 Å². The number of methoxy groups -OCH3 is 3. The Hall–Kier alpha value is -3.47. The van der Waals surface area contributed by atoms with Crippen molar-refractivity contribution in [3.63, 3.8) is 0 Å². The Kier molecular flexibility index (Phi) is 5.83. The Bertz CT molecular complexity index is 1190. The Morgan fingerprint density at radius 3 is 2.41 bits per heavy atom. The molecule has 170 valence electrons. The largest absolute Gasteiger partial charge is 0.493 e. The van der Waals surface area contributed by atoms with E-state index in [1.54, 1.807) is 30.3 Å². The van der Waals surface area contributed by atoms with Crippen LogP contribution in [-0.2, 0) is 15.6 Å². The van der Waals surface area contributed by atoms with Crippen molar-refractivity contribution in [1.29, 1.82) is 0 Å². The fourth-order valence-electron chi connectivity index (χ4n) is 3.52. The summed E-state index contributed by atoms with van der Waals surface area (Å²) in [5.41, 5.74) is 1.43. The summed E-state index contributed by atoms with van der Waals surface area (Å²) in [7, 11) is 1.14. The highest BCUT2D eigenvalue weighted by atomic mass is 32.2. The highest BCUT2D eigenvalue weighted by molar-refractivity contribution is 7.91. The molecule has 4 rings (SSSR count). The number of H-pyrrole nitrogens is 1. The maximum Gasteiger partial charge on any atom is 0.271 e. The number of likely N-dealkylation sites (tertiary alicyclic amines) is 1. The number of aromatic nitrogens is 2. The molecule has 1 aromatic carbocycles. The van der Waals surface area contributed by atoms with Crippen LogP contribution >= 0.6 is 0 Å². The molecule has 11 heteroatoms. The summed E-state index contributed by atoms with van der Waals surface area (Å²) in [6.45, 7) is 0.251.